The predicted molar refractivity (Wildman–Crippen MR) is 221 cm³/mol. The molecule has 0 saturated carbocycles. The number of hydrogen-bond acceptors (Lipinski definition) is 13. The fourth-order valence-corrected chi connectivity index (χ4v) is 6.49. The van der Waals surface area contributed by atoms with Crippen molar-refractivity contribution in [3.05, 3.63) is 30.1 Å². The van der Waals surface area contributed by atoms with E-state index in [1.165, 1.54) is 25.7 Å². The lowest BCUT2D eigenvalue weighted by Crippen LogP contribution is -2.61. The number of aliphatic hydroxyl groups excluding tert-OH is 1. The van der Waals surface area contributed by atoms with E-state index in [0.717, 1.165) is 5.56 Å². The third-order valence-electron chi connectivity index (χ3n) is 9.89. The molecule has 2 heterocycles. The summed E-state index contributed by atoms with van der Waals surface area (Å²) in [6.45, 7) is 7.99. The summed E-state index contributed by atoms with van der Waals surface area (Å²) in [5, 5.41) is 25.2. The summed E-state index contributed by atoms with van der Waals surface area (Å²) in [6.07, 6.45) is 2.86. The van der Waals surface area contributed by atoms with Crippen molar-refractivity contribution in [2.24, 2.45) is 28.9 Å². The first-order valence-corrected chi connectivity index (χ1v) is 20.4. The Morgan fingerprint density at radius 2 is 1.44 bits per heavy atom. The van der Waals surface area contributed by atoms with Gasteiger partial charge in [-0.3, -0.25) is 48.1 Å². The Balaban J connectivity index is 2.23. The van der Waals surface area contributed by atoms with E-state index in [-0.39, 0.29) is 38.1 Å². The van der Waals surface area contributed by atoms with Crippen LogP contribution in [0.3, 0.4) is 0 Å². The number of primary amides is 2. The highest BCUT2D eigenvalue weighted by Gasteiger charge is 2.40. The SMILES string of the molecule is CC(C)C[C@H](NC(=O)[C@H](C)NC(=O)[C@@H](N)Cc1cccnc1)C(=O)N[C@@H](CCCCN)C(=O)N1CCC[C@H]1C(=O)N[C@@H](CC(N)=O)C(=O)N[C@H](C(=O)N[C@@H](C)C(N)=O)[C@@H](C)O. The van der Waals surface area contributed by atoms with Crippen molar-refractivity contribution in [2.45, 2.75) is 140 Å². The van der Waals surface area contributed by atoms with Gasteiger partial charge in [0.2, 0.25) is 53.2 Å². The van der Waals surface area contributed by atoms with Gasteiger partial charge in [0.1, 0.15) is 42.3 Å². The normalized spacial score (nSPS) is 17.6. The quantitative estimate of drug-likeness (QED) is 0.0416. The molecule has 9 atom stereocenters. The van der Waals surface area contributed by atoms with Gasteiger partial charge in [0.15, 0.2) is 0 Å². The van der Waals surface area contributed by atoms with Gasteiger partial charge in [0.25, 0.3) is 0 Å². The third-order valence-corrected chi connectivity index (χ3v) is 9.89. The number of nitrogens with two attached hydrogens (primary N) is 4. The predicted octanol–water partition coefficient (Wildman–Crippen LogP) is -4.19. The lowest BCUT2D eigenvalue weighted by molar-refractivity contribution is -0.143. The lowest BCUT2D eigenvalue weighted by Gasteiger charge is -2.31. The first-order valence-electron chi connectivity index (χ1n) is 20.4. The van der Waals surface area contributed by atoms with Crippen LogP contribution < -0.4 is 54.8 Å². The molecule has 1 aliphatic rings. The van der Waals surface area contributed by atoms with Crippen molar-refractivity contribution in [3.8, 4) is 0 Å². The van der Waals surface area contributed by atoms with Crippen molar-refractivity contribution < 1.29 is 48.3 Å². The maximum Gasteiger partial charge on any atom is 0.245 e. The average Bonchev–Trinajstić information content (AvgIpc) is 3.69. The van der Waals surface area contributed by atoms with Crippen LogP contribution in [-0.4, -0.2) is 136 Å². The van der Waals surface area contributed by atoms with Crippen LogP contribution in [0, 0.1) is 5.92 Å². The molecule has 340 valence electrons. The third kappa shape index (κ3) is 17.0. The Labute approximate surface area is 355 Å². The monoisotopic (exact) mass is 860 g/mol. The first kappa shape index (κ1) is 51.4. The maximum atomic E-state index is 14.2. The Hall–Kier alpha value is -5.74. The summed E-state index contributed by atoms with van der Waals surface area (Å²) in [7, 11) is 0. The Kier molecular flexibility index (Phi) is 21.2. The van der Waals surface area contributed by atoms with Crippen molar-refractivity contribution in [2.75, 3.05) is 13.1 Å². The molecule has 61 heavy (non-hydrogen) atoms. The molecule has 2 rings (SSSR count). The fourth-order valence-electron chi connectivity index (χ4n) is 6.49. The van der Waals surface area contributed by atoms with E-state index in [4.69, 9.17) is 22.9 Å². The number of amides is 9. The number of nitrogens with zero attached hydrogens (tertiary/aromatic N) is 2. The van der Waals surface area contributed by atoms with Crippen LogP contribution in [0.25, 0.3) is 0 Å². The standard InChI is InChI=1S/C39H64N12O10/c1-20(2)16-27(48-33(55)22(4)46-34(56)25(41)17-24-10-8-14-44-19-24)35(57)47-26(11-6-7-13-40)39(61)51-15-9-12-29(51)37(59)49-28(18-30(42)53)36(58)50-31(23(5)52)38(60)45-21(3)32(43)54/h8,10,14,19-23,25-29,31,52H,6-7,9,11-13,15-18,40-41H2,1-5H3,(H2,42,53)(H2,43,54)(H,45,60)(H,46,56)(H,47,57)(H,48,55)(H,49,59)(H,50,58)/t21-,22-,23+,25-,26-,27-,28-,29-,31-/m0/s1. The van der Waals surface area contributed by atoms with Crippen LogP contribution in [0.4, 0.5) is 0 Å². The number of carbonyl (C=O) groups excluding carboxylic acids is 9. The molecule has 0 unspecified atom stereocenters. The Morgan fingerprint density at radius 3 is 2.02 bits per heavy atom. The highest BCUT2D eigenvalue weighted by molar-refractivity contribution is 5.99. The molecule has 1 aliphatic heterocycles. The maximum absolute atomic E-state index is 14.2. The van der Waals surface area contributed by atoms with Gasteiger partial charge in [-0.05, 0) is 89.8 Å². The number of rotatable bonds is 25. The molecule has 0 bridgehead atoms. The number of pyridine rings is 1. The highest BCUT2D eigenvalue weighted by Crippen LogP contribution is 2.21. The van der Waals surface area contributed by atoms with Crippen molar-refractivity contribution in [1.29, 1.82) is 0 Å². The van der Waals surface area contributed by atoms with E-state index in [9.17, 15) is 48.3 Å². The summed E-state index contributed by atoms with van der Waals surface area (Å²) < 4.78 is 0. The largest absolute Gasteiger partial charge is 0.391 e. The molecular weight excluding hydrogens is 797 g/mol. The van der Waals surface area contributed by atoms with E-state index in [1.807, 2.05) is 13.8 Å². The van der Waals surface area contributed by atoms with E-state index < -0.39 is 114 Å². The molecule has 22 nitrogen and oxygen atoms in total. The summed E-state index contributed by atoms with van der Waals surface area (Å²) in [5.74, 6) is -7.39. The van der Waals surface area contributed by atoms with Crippen molar-refractivity contribution in [1.82, 2.24) is 41.8 Å². The van der Waals surface area contributed by atoms with Gasteiger partial charge in [-0.2, -0.15) is 0 Å². The van der Waals surface area contributed by atoms with Crippen LogP contribution in [0.2, 0.25) is 0 Å². The minimum Gasteiger partial charge on any atom is -0.391 e. The number of hydrogen-bond donors (Lipinski definition) is 11. The summed E-state index contributed by atoms with van der Waals surface area (Å²) in [6, 6.07) is -6.46. The molecular formula is C39H64N12O10. The van der Waals surface area contributed by atoms with Gasteiger partial charge in [0, 0.05) is 18.9 Å². The number of aromatic nitrogens is 1. The molecule has 0 spiro atoms. The molecule has 1 saturated heterocycles. The number of aliphatic hydroxyl groups is 1. The second-order valence-corrected chi connectivity index (χ2v) is 15.7. The number of likely N-dealkylation sites (tertiary alicyclic amines) is 1. The molecule has 1 aromatic rings. The first-order chi connectivity index (χ1) is 28.7. The van der Waals surface area contributed by atoms with Gasteiger partial charge >= 0.3 is 0 Å². The zero-order valence-corrected chi connectivity index (χ0v) is 35.5. The number of carbonyl (C=O) groups is 9. The van der Waals surface area contributed by atoms with Crippen LogP contribution in [0.15, 0.2) is 24.5 Å². The zero-order chi connectivity index (χ0) is 46.0. The van der Waals surface area contributed by atoms with Crippen molar-refractivity contribution in [3.63, 3.8) is 0 Å². The summed E-state index contributed by atoms with van der Waals surface area (Å²) in [5.41, 5.74) is 23.1. The summed E-state index contributed by atoms with van der Waals surface area (Å²) in [4.78, 5) is 123. The Morgan fingerprint density at radius 1 is 0.803 bits per heavy atom. The number of nitrogens with one attached hydrogen (secondary N) is 6. The van der Waals surface area contributed by atoms with E-state index in [1.54, 1.807) is 24.5 Å². The second kappa shape index (κ2) is 25.1. The van der Waals surface area contributed by atoms with Gasteiger partial charge in [0.05, 0.1) is 18.6 Å². The molecule has 0 aromatic carbocycles. The lowest BCUT2D eigenvalue weighted by atomic mass is 10.0. The summed E-state index contributed by atoms with van der Waals surface area (Å²) >= 11 is 0. The molecule has 1 aromatic heterocycles. The van der Waals surface area contributed by atoms with Crippen LogP contribution >= 0.6 is 0 Å². The van der Waals surface area contributed by atoms with Gasteiger partial charge < -0.3 is 64.8 Å². The van der Waals surface area contributed by atoms with Gasteiger partial charge in [-0.15, -0.1) is 0 Å². The molecule has 1 fully saturated rings. The van der Waals surface area contributed by atoms with E-state index in [0.29, 0.717) is 25.8 Å². The highest BCUT2D eigenvalue weighted by atomic mass is 16.3. The Bertz CT molecular complexity index is 1700. The topological polar surface area (TPSA) is 366 Å². The van der Waals surface area contributed by atoms with Crippen LogP contribution in [0.5, 0.6) is 0 Å². The minimum absolute atomic E-state index is 0.0959. The minimum atomic E-state index is -1.64. The van der Waals surface area contributed by atoms with Gasteiger partial charge in [-0.1, -0.05) is 19.9 Å². The number of unbranched alkanes of at least 4 members (excludes halogenated alkanes) is 1. The average molecular weight is 861 g/mol. The van der Waals surface area contributed by atoms with Crippen LogP contribution in [-0.2, 0) is 49.6 Å². The van der Waals surface area contributed by atoms with E-state index in [2.05, 4.69) is 36.9 Å². The second-order valence-electron chi connectivity index (χ2n) is 15.7. The molecule has 22 heteroatoms. The smallest absolute Gasteiger partial charge is 0.245 e. The molecule has 0 radical (unpaired) electrons. The van der Waals surface area contributed by atoms with Crippen LogP contribution in [0.1, 0.15) is 85.1 Å². The molecule has 0 aliphatic carbocycles. The zero-order valence-electron chi connectivity index (χ0n) is 35.5. The van der Waals surface area contributed by atoms with E-state index >= 15 is 0 Å². The molecule has 15 N–H and O–H groups in total. The molecule has 9 amide bonds. The van der Waals surface area contributed by atoms with Crippen molar-refractivity contribution >= 4 is 53.2 Å². The van der Waals surface area contributed by atoms with Gasteiger partial charge in [-0.25, -0.2) is 0 Å². The fraction of sp³-hybridized carbons (Fsp3) is 0.641.